The second-order valence-electron chi connectivity index (χ2n) is 2.63. The van der Waals surface area contributed by atoms with Gasteiger partial charge in [-0.15, -0.1) is 11.6 Å². The Labute approximate surface area is 72.3 Å². The summed E-state index contributed by atoms with van der Waals surface area (Å²) in [5.41, 5.74) is 0. The number of esters is 1. The van der Waals surface area contributed by atoms with Crippen LogP contribution < -0.4 is 0 Å². The minimum atomic E-state index is -0.588. The molecule has 2 atom stereocenters. The van der Waals surface area contributed by atoms with Gasteiger partial charge in [0.2, 0.25) is 0 Å². The van der Waals surface area contributed by atoms with E-state index in [0.717, 1.165) is 0 Å². The average molecular weight is 180 g/mol. The van der Waals surface area contributed by atoms with Gasteiger partial charge < -0.3 is 9.64 Å². The van der Waals surface area contributed by atoms with Gasteiger partial charge >= 0.3 is 5.97 Å². The molecule has 0 bridgehead atoms. The van der Waals surface area contributed by atoms with E-state index < -0.39 is 5.38 Å². The van der Waals surface area contributed by atoms with E-state index in [0.29, 0.717) is 0 Å². The van der Waals surface area contributed by atoms with Crippen molar-refractivity contribution in [3.8, 4) is 0 Å². The van der Waals surface area contributed by atoms with Gasteiger partial charge in [-0.1, -0.05) is 0 Å². The molecule has 0 heterocycles. The first-order chi connectivity index (χ1) is 5.00. The minimum absolute atomic E-state index is 0.0101. The van der Waals surface area contributed by atoms with Gasteiger partial charge in [0.15, 0.2) is 0 Å². The van der Waals surface area contributed by atoms with Crippen LogP contribution in [0.4, 0.5) is 0 Å². The average Bonchev–Trinajstić information content (AvgIpc) is 2.00. The number of hydrogen-bond donors (Lipinski definition) is 0. The molecule has 0 aliphatic heterocycles. The lowest BCUT2D eigenvalue weighted by molar-refractivity contribution is -0.141. The van der Waals surface area contributed by atoms with Crippen LogP contribution >= 0.6 is 11.6 Å². The molecule has 0 saturated carbocycles. The van der Waals surface area contributed by atoms with Gasteiger partial charge in [0.1, 0.15) is 5.38 Å². The third-order valence-corrected chi connectivity index (χ3v) is 2.21. The maximum atomic E-state index is 10.9. The van der Waals surface area contributed by atoms with Crippen molar-refractivity contribution >= 4 is 17.6 Å². The Balaban J connectivity index is 4.01. The molecule has 0 amide bonds. The van der Waals surface area contributed by atoms with Crippen LogP contribution in [0.2, 0.25) is 0 Å². The first-order valence-electron chi connectivity index (χ1n) is 3.39. The second kappa shape index (κ2) is 4.57. The summed E-state index contributed by atoms with van der Waals surface area (Å²) in [6.45, 7) is 1.87. The monoisotopic (exact) mass is 179 g/mol. The van der Waals surface area contributed by atoms with Crippen molar-refractivity contribution in [3.05, 3.63) is 0 Å². The largest absolute Gasteiger partial charge is 0.468 e. The summed E-state index contributed by atoms with van der Waals surface area (Å²) < 4.78 is 4.49. The highest BCUT2D eigenvalue weighted by atomic mass is 35.5. The van der Waals surface area contributed by atoms with E-state index >= 15 is 0 Å². The van der Waals surface area contributed by atoms with Crippen molar-refractivity contribution in [2.24, 2.45) is 0 Å². The zero-order valence-electron chi connectivity index (χ0n) is 7.30. The third kappa shape index (κ3) is 3.08. The standard InChI is InChI=1S/C7H14ClNO2/c1-5(9(2)3)6(8)7(10)11-4/h5-6H,1-4H3/t5-,6-/m0/s1. The van der Waals surface area contributed by atoms with Gasteiger partial charge in [-0.25, -0.2) is 0 Å². The molecular weight excluding hydrogens is 166 g/mol. The Bertz CT molecular complexity index is 138. The molecule has 0 saturated heterocycles. The SMILES string of the molecule is COC(=O)[C@@H](Cl)[C@H](C)N(C)C. The summed E-state index contributed by atoms with van der Waals surface area (Å²) >= 11 is 5.76. The molecule has 11 heavy (non-hydrogen) atoms. The molecule has 0 aromatic carbocycles. The third-order valence-electron chi connectivity index (χ3n) is 1.66. The highest BCUT2D eigenvalue weighted by molar-refractivity contribution is 6.30. The van der Waals surface area contributed by atoms with E-state index in [2.05, 4.69) is 4.74 Å². The van der Waals surface area contributed by atoms with E-state index in [9.17, 15) is 4.79 Å². The number of carbonyl (C=O) groups is 1. The summed E-state index contributed by atoms with van der Waals surface area (Å²) in [4.78, 5) is 12.7. The molecule has 0 fully saturated rings. The molecule has 0 aliphatic rings. The number of rotatable bonds is 3. The van der Waals surface area contributed by atoms with Gasteiger partial charge in [-0.2, -0.15) is 0 Å². The van der Waals surface area contributed by atoms with Gasteiger partial charge in [0.05, 0.1) is 7.11 Å². The molecule has 0 N–H and O–H groups in total. The van der Waals surface area contributed by atoms with E-state index in [1.54, 1.807) is 0 Å². The van der Waals surface area contributed by atoms with Crippen LogP contribution in [0.1, 0.15) is 6.92 Å². The van der Waals surface area contributed by atoms with E-state index in [1.165, 1.54) is 7.11 Å². The van der Waals surface area contributed by atoms with Crippen molar-refractivity contribution in [2.75, 3.05) is 21.2 Å². The van der Waals surface area contributed by atoms with Crippen molar-refractivity contribution in [2.45, 2.75) is 18.3 Å². The summed E-state index contributed by atoms with van der Waals surface area (Å²) in [5.74, 6) is -0.382. The molecular formula is C7H14ClNO2. The number of ether oxygens (including phenoxy) is 1. The summed E-state index contributed by atoms with van der Waals surface area (Å²) in [6, 6.07) is -0.0101. The first-order valence-corrected chi connectivity index (χ1v) is 3.82. The van der Waals surface area contributed by atoms with E-state index in [-0.39, 0.29) is 12.0 Å². The normalized spacial score (nSPS) is 16.2. The smallest absolute Gasteiger partial charge is 0.325 e. The number of alkyl halides is 1. The predicted octanol–water partition coefficient (Wildman–Crippen LogP) is 0.717. The van der Waals surface area contributed by atoms with Crippen LogP contribution in [-0.2, 0) is 9.53 Å². The quantitative estimate of drug-likeness (QED) is 0.472. The fraction of sp³-hybridized carbons (Fsp3) is 0.857. The van der Waals surface area contributed by atoms with E-state index in [4.69, 9.17) is 11.6 Å². The van der Waals surface area contributed by atoms with Gasteiger partial charge in [0, 0.05) is 6.04 Å². The number of methoxy groups -OCH3 is 1. The summed E-state index contributed by atoms with van der Waals surface area (Å²) in [5, 5.41) is -0.588. The highest BCUT2D eigenvalue weighted by Gasteiger charge is 2.24. The molecule has 0 rings (SSSR count). The van der Waals surface area contributed by atoms with E-state index in [1.807, 2.05) is 25.9 Å². The summed E-state index contributed by atoms with van der Waals surface area (Å²) in [7, 11) is 5.06. The Morgan fingerprint density at radius 2 is 2.00 bits per heavy atom. The highest BCUT2D eigenvalue weighted by Crippen LogP contribution is 2.08. The number of carbonyl (C=O) groups excluding carboxylic acids is 1. The molecule has 0 spiro atoms. The lowest BCUT2D eigenvalue weighted by Gasteiger charge is -2.22. The van der Waals surface area contributed by atoms with Gasteiger partial charge in [-0.3, -0.25) is 4.79 Å². The Morgan fingerprint density at radius 1 is 1.55 bits per heavy atom. The van der Waals surface area contributed by atoms with Crippen molar-refractivity contribution in [3.63, 3.8) is 0 Å². The maximum Gasteiger partial charge on any atom is 0.325 e. The van der Waals surface area contributed by atoms with Crippen LogP contribution in [0.25, 0.3) is 0 Å². The molecule has 66 valence electrons. The van der Waals surface area contributed by atoms with Crippen molar-refractivity contribution < 1.29 is 9.53 Å². The van der Waals surface area contributed by atoms with Gasteiger partial charge in [-0.05, 0) is 21.0 Å². The van der Waals surface area contributed by atoms with Crippen LogP contribution in [0.3, 0.4) is 0 Å². The van der Waals surface area contributed by atoms with Crippen LogP contribution in [0.15, 0.2) is 0 Å². The molecule has 4 heteroatoms. The zero-order valence-corrected chi connectivity index (χ0v) is 8.05. The fourth-order valence-corrected chi connectivity index (χ4v) is 0.886. The zero-order chi connectivity index (χ0) is 9.02. The number of nitrogens with zero attached hydrogens (tertiary/aromatic N) is 1. The van der Waals surface area contributed by atoms with Crippen LogP contribution in [0, 0.1) is 0 Å². The number of hydrogen-bond acceptors (Lipinski definition) is 3. The maximum absolute atomic E-state index is 10.9. The molecule has 0 unspecified atom stereocenters. The predicted molar refractivity (Wildman–Crippen MR) is 44.8 cm³/mol. The molecule has 3 nitrogen and oxygen atoms in total. The molecule has 0 aliphatic carbocycles. The summed E-state index contributed by atoms with van der Waals surface area (Å²) in [6.07, 6.45) is 0. The lowest BCUT2D eigenvalue weighted by Crippen LogP contribution is -2.38. The Kier molecular flexibility index (Phi) is 4.45. The molecule has 0 radical (unpaired) electrons. The molecule has 0 aromatic heterocycles. The topological polar surface area (TPSA) is 29.5 Å². The minimum Gasteiger partial charge on any atom is -0.468 e. The first kappa shape index (κ1) is 10.7. The van der Waals surface area contributed by atoms with Crippen LogP contribution in [0.5, 0.6) is 0 Å². The van der Waals surface area contributed by atoms with Crippen LogP contribution in [-0.4, -0.2) is 43.5 Å². The Hall–Kier alpha value is -0.280. The Morgan fingerprint density at radius 3 is 2.27 bits per heavy atom. The lowest BCUT2D eigenvalue weighted by atomic mass is 10.2. The number of halogens is 1. The molecule has 0 aromatic rings. The van der Waals surface area contributed by atoms with Crippen molar-refractivity contribution in [1.29, 1.82) is 0 Å². The van der Waals surface area contributed by atoms with Crippen molar-refractivity contribution in [1.82, 2.24) is 4.90 Å². The van der Waals surface area contributed by atoms with Gasteiger partial charge in [0.25, 0.3) is 0 Å². The second-order valence-corrected chi connectivity index (χ2v) is 3.10. The fourth-order valence-electron chi connectivity index (χ4n) is 0.571.